The molecule has 0 saturated carbocycles. The van der Waals surface area contributed by atoms with Gasteiger partial charge in [-0.2, -0.15) is 0 Å². The molecule has 47 heavy (non-hydrogen) atoms. The molecule has 0 radical (unpaired) electrons. The first-order valence-corrected chi connectivity index (χ1v) is 15.9. The largest absolute Gasteiger partial charge is 0.457 e. The molecule has 5 aromatic carbocycles. The fourth-order valence-corrected chi connectivity index (χ4v) is 7.59. The SMILES string of the molecule is CC1(C)c2ccccc2C2(c3ccccc3Oc3ccc(-c4nc(-c5ccccc5)nc(-c5ccccn5)n4)cc32)c2ccccc21. The van der Waals surface area contributed by atoms with Crippen LogP contribution < -0.4 is 4.74 Å². The Morgan fingerprint density at radius 1 is 0.447 bits per heavy atom. The molecule has 2 aromatic heterocycles. The van der Waals surface area contributed by atoms with Crippen molar-refractivity contribution in [2.45, 2.75) is 24.7 Å². The van der Waals surface area contributed by atoms with Crippen molar-refractivity contribution in [3.8, 4) is 45.8 Å². The van der Waals surface area contributed by atoms with Gasteiger partial charge in [0.15, 0.2) is 17.5 Å². The highest BCUT2D eigenvalue weighted by molar-refractivity contribution is 5.77. The van der Waals surface area contributed by atoms with Crippen LogP contribution in [0.25, 0.3) is 34.3 Å². The lowest BCUT2D eigenvalue weighted by Crippen LogP contribution is -2.43. The maximum absolute atomic E-state index is 6.70. The zero-order chi connectivity index (χ0) is 31.6. The van der Waals surface area contributed by atoms with Gasteiger partial charge < -0.3 is 4.74 Å². The van der Waals surface area contributed by atoms with Crippen LogP contribution in [-0.4, -0.2) is 19.9 Å². The number of fused-ring (bicyclic) bond motifs is 8. The molecule has 5 heteroatoms. The van der Waals surface area contributed by atoms with Crippen LogP contribution in [0.15, 0.2) is 146 Å². The molecule has 0 saturated heterocycles. The molecule has 1 aliphatic carbocycles. The zero-order valence-electron chi connectivity index (χ0n) is 26.1. The third-order valence-corrected chi connectivity index (χ3v) is 9.72. The van der Waals surface area contributed by atoms with E-state index in [9.17, 15) is 0 Å². The molecule has 2 aliphatic rings. The van der Waals surface area contributed by atoms with E-state index >= 15 is 0 Å². The number of pyridine rings is 1. The van der Waals surface area contributed by atoms with Crippen LogP contribution in [0.1, 0.15) is 47.2 Å². The summed E-state index contributed by atoms with van der Waals surface area (Å²) in [4.78, 5) is 19.5. The molecule has 0 unspecified atom stereocenters. The standard InChI is InChI=1S/C42H30N4O/c1-41(2)29-16-6-8-18-31(29)42(32-19-9-7-17-30(32)41)33-20-10-11-22-36(33)47-37-24-23-28(26-34(37)42)39-44-38(27-14-4-3-5-15-27)45-40(46-39)35-21-12-13-25-43-35/h3-26H,1-2H3. The van der Waals surface area contributed by atoms with Gasteiger partial charge in [-0.05, 0) is 58.7 Å². The van der Waals surface area contributed by atoms with E-state index in [0.717, 1.165) is 33.8 Å². The number of rotatable bonds is 3. The van der Waals surface area contributed by atoms with E-state index in [1.165, 1.54) is 22.3 Å². The molecule has 3 heterocycles. The maximum Gasteiger partial charge on any atom is 0.182 e. The van der Waals surface area contributed by atoms with Crippen LogP contribution in [0.4, 0.5) is 0 Å². The smallest absolute Gasteiger partial charge is 0.182 e. The van der Waals surface area contributed by atoms with Crippen LogP contribution in [0.3, 0.4) is 0 Å². The van der Waals surface area contributed by atoms with E-state index in [2.05, 4.69) is 104 Å². The Morgan fingerprint density at radius 2 is 1.00 bits per heavy atom. The first kappa shape index (κ1) is 27.4. The quantitative estimate of drug-likeness (QED) is 0.201. The van der Waals surface area contributed by atoms with Gasteiger partial charge in [0.1, 0.15) is 17.2 Å². The molecule has 9 rings (SSSR count). The highest BCUT2D eigenvalue weighted by Gasteiger charge is 2.52. The minimum Gasteiger partial charge on any atom is -0.457 e. The van der Waals surface area contributed by atoms with Crippen molar-refractivity contribution in [1.29, 1.82) is 0 Å². The van der Waals surface area contributed by atoms with E-state index in [-0.39, 0.29) is 5.41 Å². The molecule has 7 aromatic rings. The van der Waals surface area contributed by atoms with E-state index in [1.54, 1.807) is 6.20 Å². The molecule has 0 atom stereocenters. The number of para-hydroxylation sites is 1. The summed E-state index contributed by atoms with van der Waals surface area (Å²) in [7, 11) is 0. The summed E-state index contributed by atoms with van der Waals surface area (Å²) in [5.41, 5.74) is 8.96. The van der Waals surface area contributed by atoms with Crippen molar-refractivity contribution in [1.82, 2.24) is 19.9 Å². The van der Waals surface area contributed by atoms with Crippen LogP contribution in [0, 0.1) is 0 Å². The monoisotopic (exact) mass is 606 g/mol. The summed E-state index contributed by atoms with van der Waals surface area (Å²) < 4.78 is 6.70. The van der Waals surface area contributed by atoms with Crippen molar-refractivity contribution < 1.29 is 4.74 Å². The highest BCUT2D eigenvalue weighted by atomic mass is 16.5. The number of hydrogen-bond donors (Lipinski definition) is 0. The van der Waals surface area contributed by atoms with Gasteiger partial charge in [-0.3, -0.25) is 4.98 Å². The molecule has 1 aliphatic heterocycles. The summed E-state index contributed by atoms with van der Waals surface area (Å²) in [5, 5.41) is 0. The van der Waals surface area contributed by atoms with E-state index < -0.39 is 5.41 Å². The maximum atomic E-state index is 6.70. The van der Waals surface area contributed by atoms with Crippen LogP contribution in [0.2, 0.25) is 0 Å². The topological polar surface area (TPSA) is 60.8 Å². The lowest BCUT2D eigenvalue weighted by atomic mass is 9.53. The van der Waals surface area contributed by atoms with Crippen molar-refractivity contribution in [3.63, 3.8) is 0 Å². The molecular weight excluding hydrogens is 576 g/mol. The summed E-state index contributed by atoms with van der Waals surface area (Å²) in [6, 6.07) is 48.4. The van der Waals surface area contributed by atoms with E-state index in [1.807, 2.05) is 54.6 Å². The van der Waals surface area contributed by atoms with Crippen molar-refractivity contribution in [2.75, 3.05) is 0 Å². The first-order valence-electron chi connectivity index (χ1n) is 15.9. The van der Waals surface area contributed by atoms with Gasteiger partial charge >= 0.3 is 0 Å². The van der Waals surface area contributed by atoms with E-state index in [0.29, 0.717) is 23.2 Å². The second-order valence-electron chi connectivity index (χ2n) is 12.7. The summed E-state index contributed by atoms with van der Waals surface area (Å²) in [6.45, 7) is 4.66. The minimum atomic E-state index is -0.623. The fourth-order valence-electron chi connectivity index (χ4n) is 7.59. The van der Waals surface area contributed by atoms with Crippen LogP contribution in [-0.2, 0) is 10.8 Å². The predicted molar refractivity (Wildman–Crippen MR) is 184 cm³/mol. The zero-order valence-corrected chi connectivity index (χ0v) is 26.1. The average Bonchev–Trinajstić information content (AvgIpc) is 3.14. The predicted octanol–water partition coefficient (Wildman–Crippen LogP) is 9.40. The van der Waals surface area contributed by atoms with Gasteiger partial charge in [0.2, 0.25) is 0 Å². The Hall–Kier alpha value is -5.94. The Bertz CT molecular complexity index is 2210. The van der Waals surface area contributed by atoms with Gasteiger partial charge in [0.25, 0.3) is 0 Å². The molecule has 0 amide bonds. The number of ether oxygens (including phenoxy) is 1. The lowest BCUT2D eigenvalue weighted by Gasteiger charge is -2.50. The van der Waals surface area contributed by atoms with Gasteiger partial charge in [0, 0.05) is 33.9 Å². The number of benzene rings is 5. The molecule has 224 valence electrons. The molecule has 0 N–H and O–H groups in total. The second kappa shape index (κ2) is 10.3. The molecule has 5 nitrogen and oxygen atoms in total. The van der Waals surface area contributed by atoms with Crippen LogP contribution in [0.5, 0.6) is 11.5 Å². The normalized spacial score (nSPS) is 14.7. The van der Waals surface area contributed by atoms with Crippen molar-refractivity contribution >= 4 is 0 Å². The average molecular weight is 607 g/mol. The molecule has 0 bridgehead atoms. The number of hydrogen-bond acceptors (Lipinski definition) is 5. The summed E-state index contributed by atoms with van der Waals surface area (Å²) >= 11 is 0. The summed E-state index contributed by atoms with van der Waals surface area (Å²) in [6.07, 6.45) is 1.76. The second-order valence-corrected chi connectivity index (χ2v) is 12.7. The third-order valence-electron chi connectivity index (χ3n) is 9.72. The molecular formula is C42H30N4O. The Labute approximate surface area is 273 Å². The summed E-state index contributed by atoms with van der Waals surface area (Å²) in [5.74, 6) is 3.38. The third kappa shape index (κ3) is 4.03. The lowest BCUT2D eigenvalue weighted by molar-refractivity contribution is 0.425. The van der Waals surface area contributed by atoms with Gasteiger partial charge in [-0.25, -0.2) is 15.0 Å². The number of aromatic nitrogens is 4. The minimum absolute atomic E-state index is 0.195. The fraction of sp³-hybridized carbons (Fsp3) is 0.0952. The Balaban J connectivity index is 1.35. The highest BCUT2D eigenvalue weighted by Crippen LogP contribution is 2.61. The first-order chi connectivity index (χ1) is 23.0. The van der Waals surface area contributed by atoms with Crippen molar-refractivity contribution in [3.05, 3.63) is 179 Å². The van der Waals surface area contributed by atoms with Gasteiger partial charge in [-0.15, -0.1) is 0 Å². The van der Waals surface area contributed by atoms with E-state index in [4.69, 9.17) is 19.7 Å². The van der Waals surface area contributed by atoms with Gasteiger partial charge in [-0.1, -0.05) is 117 Å². The van der Waals surface area contributed by atoms with Crippen LogP contribution >= 0.6 is 0 Å². The Morgan fingerprint density at radius 3 is 1.68 bits per heavy atom. The number of nitrogens with zero attached hydrogens (tertiary/aromatic N) is 4. The van der Waals surface area contributed by atoms with Gasteiger partial charge in [0.05, 0.1) is 5.41 Å². The molecule has 0 fully saturated rings. The molecule has 1 spiro atoms. The van der Waals surface area contributed by atoms with Crippen molar-refractivity contribution in [2.24, 2.45) is 0 Å². The Kier molecular flexibility index (Phi) is 6.00.